The van der Waals surface area contributed by atoms with E-state index in [-0.39, 0.29) is 16.9 Å². The molecular formula is C22H21F3N6O2. The van der Waals surface area contributed by atoms with E-state index in [1.165, 1.54) is 7.11 Å². The first-order chi connectivity index (χ1) is 15.6. The number of carbonyl (C=O) groups excluding carboxylic acids is 1. The van der Waals surface area contributed by atoms with E-state index in [2.05, 4.69) is 20.5 Å². The fraction of sp³-hybridized carbons (Fsp3) is 0.273. The summed E-state index contributed by atoms with van der Waals surface area (Å²) >= 11 is 0. The Hall–Kier alpha value is -3.89. The Morgan fingerprint density at radius 2 is 1.91 bits per heavy atom. The minimum Gasteiger partial charge on any atom is -0.497 e. The minimum atomic E-state index is -4.71. The van der Waals surface area contributed by atoms with Gasteiger partial charge in [0.05, 0.1) is 30.7 Å². The predicted octanol–water partition coefficient (Wildman–Crippen LogP) is 3.96. The van der Waals surface area contributed by atoms with Gasteiger partial charge in [-0.3, -0.25) is 9.48 Å². The van der Waals surface area contributed by atoms with E-state index in [1.54, 1.807) is 49.1 Å². The van der Waals surface area contributed by atoms with Crippen molar-refractivity contribution in [3.05, 3.63) is 65.2 Å². The van der Waals surface area contributed by atoms with Gasteiger partial charge in [-0.05, 0) is 44.2 Å². The van der Waals surface area contributed by atoms with Crippen LogP contribution in [-0.4, -0.2) is 37.4 Å². The number of rotatable bonds is 5. The molecule has 33 heavy (non-hydrogen) atoms. The second-order valence-electron chi connectivity index (χ2n) is 7.59. The third-order valence-corrected chi connectivity index (χ3v) is 5.26. The van der Waals surface area contributed by atoms with Gasteiger partial charge in [0.25, 0.3) is 5.91 Å². The number of hydrogen-bond acceptors (Lipinski definition) is 5. The van der Waals surface area contributed by atoms with Gasteiger partial charge in [-0.15, -0.1) is 0 Å². The quantitative estimate of drug-likeness (QED) is 0.489. The van der Waals surface area contributed by atoms with E-state index in [0.717, 1.165) is 23.5 Å². The van der Waals surface area contributed by atoms with Gasteiger partial charge in [-0.1, -0.05) is 0 Å². The number of amides is 1. The van der Waals surface area contributed by atoms with Gasteiger partial charge in [0.1, 0.15) is 11.3 Å². The Bertz CT molecular complexity index is 1320. The number of halogens is 3. The number of carbonyl (C=O) groups is 1. The largest absolute Gasteiger partial charge is 0.497 e. The third-order valence-electron chi connectivity index (χ3n) is 5.26. The topological polar surface area (TPSA) is 86.3 Å². The minimum absolute atomic E-state index is 0.0585. The summed E-state index contributed by atoms with van der Waals surface area (Å²) in [7, 11) is 3.26. The van der Waals surface area contributed by atoms with Crippen LogP contribution in [0.4, 0.5) is 13.2 Å². The first-order valence-electron chi connectivity index (χ1n) is 10.00. The molecule has 1 N–H and O–H groups in total. The maximum Gasteiger partial charge on any atom is 0.433 e. The van der Waals surface area contributed by atoms with Crippen LogP contribution in [0.25, 0.3) is 16.9 Å². The van der Waals surface area contributed by atoms with Gasteiger partial charge in [0.15, 0.2) is 11.3 Å². The number of hydrogen-bond donors (Lipinski definition) is 1. The lowest BCUT2D eigenvalue weighted by Crippen LogP contribution is -2.27. The lowest BCUT2D eigenvalue weighted by atomic mass is 10.1. The molecule has 11 heteroatoms. The number of benzene rings is 1. The molecule has 3 heterocycles. The number of alkyl halides is 3. The standard InChI is InChI=1S/C22H21F3N6O2/c1-12(17-11-30(3)29-13(17)2)27-21(32)16-10-26-31-19(22(23,24)25)9-18(28-20(16)31)14-5-7-15(33-4)8-6-14/h5-12H,1-4H3,(H,27,32). The number of nitrogens with zero attached hydrogens (tertiary/aromatic N) is 5. The molecule has 1 atom stereocenters. The van der Waals surface area contributed by atoms with Crippen LogP contribution >= 0.6 is 0 Å². The van der Waals surface area contributed by atoms with Crippen molar-refractivity contribution in [3.8, 4) is 17.0 Å². The van der Waals surface area contributed by atoms with E-state index in [1.807, 2.05) is 6.92 Å². The van der Waals surface area contributed by atoms with Crippen molar-refractivity contribution in [1.29, 1.82) is 0 Å². The third kappa shape index (κ3) is 4.26. The maximum atomic E-state index is 13.8. The molecule has 1 aromatic carbocycles. The maximum absolute atomic E-state index is 13.8. The summed E-state index contributed by atoms with van der Waals surface area (Å²) in [6.07, 6.45) is -1.84. The van der Waals surface area contributed by atoms with Gasteiger partial charge in [0, 0.05) is 24.4 Å². The summed E-state index contributed by atoms with van der Waals surface area (Å²) in [5, 5.41) is 10.9. The lowest BCUT2D eigenvalue weighted by Gasteiger charge is -2.14. The second-order valence-corrected chi connectivity index (χ2v) is 7.59. The molecule has 0 bridgehead atoms. The molecule has 0 saturated carbocycles. The van der Waals surface area contributed by atoms with E-state index < -0.39 is 23.8 Å². The molecule has 1 amide bonds. The van der Waals surface area contributed by atoms with Crippen LogP contribution in [0.5, 0.6) is 5.75 Å². The van der Waals surface area contributed by atoms with Gasteiger partial charge in [-0.25, -0.2) is 9.50 Å². The van der Waals surface area contributed by atoms with Crippen LogP contribution in [0.1, 0.15) is 40.3 Å². The first-order valence-corrected chi connectivity index (χ1v) is 10.00. The summed E-state index contributed by atoms with van der Waals surface area (Å²) in [6, 6.07) is 6.92. The van der Waals surface area contributed by atoms with Gasteiger partial charge in [0.2, 0.25) is 0 Å². The normalized spacial score (nSPS) is 12.7. The van der Waals surface area contributed by atoms with Gasteiger partial charge in [-0.2, -0.15) is 23.4 Å². The number of aromatic nitrogens is 5. The fourth-order valence-corrected chi connectivity index (χ4v) is 3.63. The zero-order valence-corrected chi connectivity index (χ0v) is 18.3. The Morgan fingerprint density at radius 3 is 2.48 bits per heavy atom. The molecule has 0 aliphatic heterocycles. The predicted molar refractivity (Wildman–Crippen MR) is 114 cm³/mol. The Kier molecular flexibility index (Phi) is 5.56. The number of nitrogens with one attached hydrogen (secondary N) is 1. The van der Waals surface area contributed by atoms with Crippen LogP contribution in [0.3, 0.4) is 0 Å². The molecule has 4 rings (SSSR count). The van der Waals surface area contributed by atoms with Crippen molar-refractivity contribution in [1.82, 2.24) is 29.7 Å². The van der Waals surface area contributed by atoms with Crippen LogP contribution in [0.2, 0.25) is 0 Å². The molecule has 0 fully saturated rings. The van der Waals surface area contributed by atoms with Crippen molar-refractivity contribution in [2.75, 3.05) is 7.11 Å². The smallest absolute Gasteiger partial charge is 0.433 e. The average Bonchev–Trinajstić information content (AvgIpc) is 3.34. The van der Waals surface area contributed by atoms with E-state index in [0.29, 0.717) is 15.8 Å². The van der Waals surface area contributed by atoms with E-state index in [4.69, 9.17) is 4.74 Å². The molecule has 1 unspecified atom stereocenters. The molecule has 4 aromatic rings. The molecule has 0 aliphatic rings. The summed E-state index contributed by atoms with van der Waals surface area (Å²) in [6.45, 7) is 3.58. The highest BCUT2D eigenvalue weighted by Crippen LogP contribution is 2.33. The highest BCUT2D eigenvalue weighted by Gasteiger charge is 2.36. The van der Waals surface area contributed by atoms with Crippen LogP contribution in [0, 0.1) is 6.92 Å². The van der Waals surface area contributed by atoms with Crippen molar-refractivity contribution < 1.29 is 22.7 Å². The average molecular weight is 458 g/mol. The van der Waals surface area contributed by atoms with Crippen LogP contribution in [-0.2, 0) is 13.2 Å². The van der Waals surface area contributed by atoms with Gasteiger partial charge >= 0.3 is 6.18 Å². The van der Waals surface area contributed by atoms with Gasteiger partial charge < -0.3 is 10.1 Å². The lowest BCUT2D eigenvalue weighted by molar-refractivity contribution is -0.142. The molecule has 0 spiro atoms. The highest BCUT2D eigenvalue weighted by molar-refractivity contribution is 6.00. The molecular weight excluding hydrogens is 437 g/mol. The highest BCUT2D eigenvalue weighted by atomic mass is 19.4. The van der Waals surface area contributed by atoms with E-state index >= 15 is 0 Å². The Balaban J connectivity index is 1.77. The zero-order chi connectivity index (χ0) is 23.9. The summed E-state index contributed by atoms with van der Waals surface area (Å²) < 4.78 is 48.8. The number of methoxy groups -OCH3 is 1. The molecule has 3 aromatic heterocycles. The monoisotopic (exact) mass is 458 g/mol. The molecule has 0 aliphatic carbocycles. The zero-order valence-electron chi connectivity index (χ0n) is 18.3. The first kappa shape index (κ1) is 22.3. The number of fused-ring (bicyclic) bond motifs is 1. The summed E-state index contributed by atoms with van der Waals surface area (Å²) in [5.41, 5.74) is 0.745. The molecule has 8 nitrogen and oxygen atoms in total. The van der Waals surface area contributed by atoms with Crippen molar-refractivity contribution in [2.45, 2.75) is 26.1 Å². The van der Waals surface area contributed by atoms with Crippen molar-refractivity contribution in [2.24, 2.45) is 7.05 Å². The van der Waals surface area contributed by atoms with Crippen molar-refractivity contribution in [3.63, 3.8) is 0 Å². The number of ether oxygens (including phenoxy) is 1. The molecule has 0 radical (unpaired) electrons. The van der Waals surface area contributed by atoms with Crippen LogP contribution in [0.15, 0.2) is 42.7 Å². The molecule has 172 valence electrons. The Morgan fingerprint density at radius 1 is 1.21 bits per heavy atom. The Labute approximate surface area is 187 Å². The number of aryl methyl sites for hydroxylation is 2. The second kappa shape index (κ2) is 8.23. The fourth-order valence-electron chi connectivity index (χ4n) is 3.63. The molecule has 0 saturated heterocycles. The summed E-state index contributed by atoms with van der Waals surface area (Å²) in [5.74, 6) is -0.0340. The van der Waals surface area contributed by atoms with E-state index in [9.17, 15) is 18.0 Å². The SMILES string of the molecule is COc1ccc(-c2cc(C(F)(F)F)n3ncc(C(=O)NC(C)c4cn(C)nc4C)c3n2)cc1. The van der Waals surface area contributed by atoms with Crippen LogP contribution < -0.4 is 10.1 Å². The van der Waals surface area contributed by atoms with Crippen molar-refractivity contribution >= 4 is 11.6 Å². The summed E-state index contributed by atoms with van der Waals surface area (Å²) in [4.78, 5) is 17.3.